The maximum absolute atomic E-state index is 3.81. The minimum absolute atomic E-state index is 0.511. The summed E-state index contributed by atoms with van der Waals surface area (Å²) < 4.78 is 0. The first-order chi connectivity index (χ1) is 7.23. The molecule has 1 atom stereocenters. The molecular weight excluding hydrogens is 184 g/mol. The van der Waals surface area contributed by atoms with Gasteiger partial charge in [0.15, 0.2) is 0 Å². The highest BCUT2D eigenvalue weighted by molar-refractivity contribution is 5.06. The van der Waals surface area contributed by atoms with Crippen LogP contribution in [0.4, 0.5) is 0 Å². The van der Waals surface area contributed by atoms with Gasteiger partial charge in [-0.3, -0.25) is 0 Å². The summed E-state index contributed by atoms with van der Waals surface area (Å²) >= 11 is 0. The summed E-state index contributed by atoms with van der Waals surface area (Å²) in [6, 6.07) is 0. The van der Waals surface area contributed by atoms with Crippen LogP contribution in [-0.2, 0) is 0 Å². The maximum Gasteiger partial charge on any atom is 0.0153 e. The van der Waals surface area contributed by atoms with Crippen molar-refractivity contribution in [2.24, 2.45) is 11.3 Å². The van der Waals surface area contributed by atoms with Gasteiger partial charge in [-0.15, -0.1) is 0 Å². The molecule has 15 heavy (non-hydrogen) atoms. The highest BCUT2D eigenvalue weighted by atomic mass is 15.0. The Hall–Kier alpha value is -0.0800. The van der Waals surface area contributed by atoms with Crippen molar-refractivity contribution in [3.63, 3.8) is 0 Å². The lowest BCUT2D eigenvalue weighted by Crippen LogP contribution is -2.49. The van der Waals surface area contributed by atoms with E-state index in [1.54, 1.807) is 0 Å². The smallest absolute Gasteiger partial charge is 0.0153 e. The Bertz CT molecular complexity index is 239. The van der Waals surface area contributed by atoms with Gasteiger partial charge in [0.05, 0.1) is 0 Å². The Morgan fingerprint density at radius 1 is 1.20 bits per heavy atom. The summed E-state index contributed by atoms with van der Waals surface area (Å²) in [7, 11) is 0. The van der Waals surface area contributed by atoms with E-state index in [2.05, 4.69) is 17.6 Å². The van der Waals surface area contributed by atoms with Gasteiger partial charge >= 0.3 is 0 Å². The SMILES string of the molecule is CC1(NCC2CC23CCNCC3)CCC1. The van der Waals surface area contributed by atoms with Crippen LogP contribution in [0.25, 0.3) is 0 Å². The molecule has 3 aliphatic rings. The van der Waals surface area contributed by atoms with Gasteiger partial charge in [-0.1, -0.05) is 0 Å². The van der Waals surface area contributed by atoms with E-state index in [0.717, 1.165) is 11.3 Å². The van der Waals surface area contributed by atoms with Gasteiger partial charge in [0.25, 0.3) is 0 Å². The van der Waals surface area contributed by atoms with Gasteiger partial charge in [0.1, 0.15) is 0 Å². The highest BCUT2D eigenvalue weighted by Gasteiger charge is 2.53. The summed E-state index contributed by atoms with van der Waals surface area (Å²) in [5.41, 5.74) is 1.27. The lowest BCUT2D eigenvalue weighted by atomic mass is 9.78. The number of nitrogens with one attached hydrogen (secondary N) is 2. The Morgan fingerprint density at radius 3 is 2.53 bits per heavy atom. The van der Waals surface area contributed by atoms with E-state index in [4.69, 9.17) is 0 Å². The zero-order valence-electron chi connectivity index (χ0n) is 9.94. The van der Waals surface area contributed by atoms with Crippen molar-refractivity contribution in [2.75, 3.05) is 19.6 Å². The molecule has 0 radical (unpaired) electrons. The van der Waals surface area contributed by atoms with E-state index < -0.39 is 0 Å². The third kappa shape index (κ3) is 1.83. The molecule has 86 valence electrons. The second-order valence-electron chi connectivity index (χ2n) is 6.31. The van der Waals surface area contributed by atoms with Crippen molar-refractivity contribution in [3.05, 3.63) is 0 Å². The first kappa shape index (κ1) is 10.1. The fourth-order valence-electron chi connectivity index (χ4n) is 3.51. The number of rotatable bonds is 3. The molecule has 3 fully saturated rings. The molecule has 1 aliphatic heterocycles. The van der Waals surface area contributed by atoms with Crippen LogP contribution in [0.2, 0.25) is 0 Å². The van der Waals surface area contributed by atoms with Crippen LogP contribution in [0.15, 0.2) is 0 Å². The molecule has 0 aromatic heterocycles. The van der Waals surface area contributed by atoms with Crippen molar-refractivity contribution in [1.82, 2.24) is 10.6 Å². The first-order valence-electron chi connectivity index (χ1n) is 6.68. The van der Waals surface area contributed by atoms with Gasteiger partial charge in [0, 0.05) is 5.54 Å². The van der Waals surface area contributed by atoms with Crippen molar-refractivity contribution < 1.29 is 0 Å². The van der Waals surface area contributed by atoms with E-state index in [0.29, 0.717) is 5.54 Å². The fraction of sp³-hybridized carbons (Fsp3) is 1.00. The largest absolute Gasteiger partial charge is 0.317 e. The Kier molecular flexibility index (Phi) is 2.33. The molecular formula is C13H24N2. The van der Waals surface area contributed by atoms with Crippen LogP contribution < -0.4 is 10.6 Å². The van der Waals surface area contributed by atoms with E-state index >= 15 is 0 Å². The van der Waals surface area contributed by atoms with Crippen LogP contribution >= 0.6 is 0 Å². The monoisotopic (exact) mass is 208 g/mol. The molecule has 3 rings (SSSR count). The van der Waals surface area contributed by atoms with Crippen LogP contribution in [0, 0.1) is 11.3 Å². The molecule has 1 saturated heterocycles. The quantitative estimate of drug-likeness (QED) is 0.740. The summed E-state index contributed by atoms with van der Waals surface area (Å²) in [4.78, 5) is 0. The molecule has 2 nitrogen and oxygen atoms in total. The number of piperidine rings is 1. The molecule has 2 heteroatoms. The van der Waals surface area contributed by atoms with Crippen molar-refractivity contribution >= 4 is 0 Å². The van der Waals surface area contributed by atoms with Gasteiger partial charge in [-0.25, -0.2) is 0 Å². The van der Waals surface area contributed by atoms with Gasteiger partial charge in [0.2, 0.25) is 0 Å². The summed E-state index contributed by atoms with van der Waals surface area (Å²) in [6.07, 6.45) is 8.58. The van der Waals surface area contributed by atoms with Crippen molar-refractivity contribution in [3.8, 4) is 0 Å². The molecule has 0 bridgehead atoms. The van der Waals surface area contributed by atoms with Crippen molar-refractivity contribution in [1.29, 1.82) is 0 Å². The Morgan fingerprint density at radius 2 is 1.93 bits per heavy atom. The average molecular weight is 208 g/mol. The topological polar surface area (TPSA) is 24.1 Å². The van der Waals surface area contributed by atoms with E-state index in [9.17, 15) is 0 Å². The average Bonchev–Trinajstić information content (AvgIpc) is 2.87. The fourth-order valence-corrected chi connectivity index (χ4v) is 3.51. The lowest BCUT2D eigenvalue weighted by Gasteiger charge is -2.40. The van der Waals surface area contributed by atoms with E-state index in [1.807, 2.05) is 0 Å². The Balaban J connectivity index is 1.46. The van der Waals surface area contributed by atoms with Crippen LogP contribution in [-0.4, -0.2) is 25.2 Å². The molecule has 0 aromatic rings. The third-order valence-electron chi connectivity index (χ3n) is 5.19. The second kappa shape index (κ2) is 3.46. The lowest BCUT2D eigenvalue weighted by molar-refractivity contribution is 0.199. The minimum Gasteiger partial charge on any atom is -0.317 e. The zero-order chi connectivity index (χ0) is 10.4. The number of hydrogen-bond donors (Lipinski definition) is 2. The molecule has 2 aliphatic carbocycles. The minimum atomic E-state index is 0.511. The normalized spacial score (nSPS) is 36.2. The standard InChI is InChI=1S/C13H24N2/c1-12(3-2-4-12)15-10-11-9-13(11)5-7-14-8-6-13/h11,14-15H,2-10H2,1H3. The third-order valence-corrected chi connectivity index (χ3v) is 5.19. The summed E-state index contributed by atoms with van der Waals surface area (Å²) in [6.45, 7) is 6.20. The second-order valence-corrected chi connectivity index (χ2v) is 6.31. The summed E-state index contributed by atoms with van der Waals surface area (Å²) in [5, 5.41) is 7.28. The first-order valence-corrected chi connectivity index (χ1v) is 6.68. The molecule has 0 amide bonds. The molecule has 1 spiro atoms. The van der Waals surface area contributed by atoms with Gasteiger partial charge in [-0.2, -0.15) is 0 Å². The zero-order valence-corrected chi connectivity index (χ0v) is 9.94. The highest BCUT2D eigenvalue weighted by Crippen LogP contribution is 2.58. The van der Waals surface area contributed by atoms with Gasteiger partial charge < -0.3 is 10.6 Å². The maximum atomic E-state index is 3.81. The molecule has 1 unspecified atom stereocenters. The predicted molar refractivity (Wildman–Crippen MR) is 62.9 cm³/mol. The van der Waals surface area contributed by atoms with Crippen molar-refractivity contribution in [2.45, 2.75) is 51.0 Å². The Labute approximate surface area is 93.2 Å². The van der Waals surface area contributed by atoms with Crippen LogP contribution in [0.5, 0.6) is 0 Å². The predicted octanol–water partition coefficient (Wildman–Crippen LogP) is 1.91. The van der Waals surface area contributed by atoms with E-state index in [-0.39, 0.29) is 0 Å². The number of hydrogen-bond acceptors (Lipinski definition) is 2. The van der Waals surface area contributed by atoms with E-state index in [1.165, 1.54) is 58.2 Å². The molecule has 0 aromatic carbocycles. The van der Waals surface area contributed by atoms with Crippen LogP contribution in [0.1, 0.15) is 45.4 Å². The van der Waals surface area contributed by atoms with Gasteiger partial charge in [-0.05, 0) is 76.4 Å². The molecule has 2 saturated carbocycles. The van der Waals surface area contributed by atoms with Crippen LogP contribution in [0.3, 0.4) is 0 Å². The summed E-state index contributed by atoms with van der Waals surface area (Å²) in [5.74, 6) is 0.997. The molecule has 1 heterocycles. The molecule has 2 N–H and O–H groups in total.